The Bertz CT molecular complexity index is 902. The van der Waals surface area contributed by atoms with Gasteiger partial charge in [-0.15, -0.1) is 0 Å². The fourth-order valence-electron chi connectivity index (χ4n) is 3.05. The molecule has 0 fully saturated rings. The third-order valence-electron chi connectivity index (χ3n) is 4.29. The molecule has 1 atom stereocenters. The van der Waals surface area contributed by atoms with Gasteiger partial charge in [-0.1, -0.05) is 12.1 Å². The Hall–Kier alpha value is -3.16. The first-order valence-corrected chi connectivity index (χ1v) is 8.07. The van der Waals surface area contributed by atoms with Crippen molar-refractivity contribution in [3.8, 4) is 5.69 Å². The molecule has 0 bridgehead atoms. The first kappa shape index (κ1) is 15.4. The van der Waals surface area contributed by atoms with E-state index in [9.17, 15) is 9.18 Å². The molecule has 0 saturated carbocycles. The quantitative estimate of drug-likeness (QED) is 0.684. The summed E-state index contributed by atoms with van der Waals surface area (Å²) >= 11 is 0. The van der Waals surface area contributed by atoms with Crippen molar-refractivity contribution in [1.82, 2.24) is 25.3 Å². The Labute approximate surface area is 143 Å². The van der Waals surface area contributed by atoms with Crippen molar-refractivity contribution in [2.45, 2.75) is 25.3 Å². The van der Waals surface area contributed by atoms with E-state index in [0.717, 1.165) is 30.5 Å². The average Bonchev–Trinajstić information content (AvgIpc) is 3.24. The van der Waals surface area contributed by atoms with Gasteiger partial charge in [0, 0.05) is 11.7 Å². The number of fused-ring (bicyclic) bond motifs is 1. The summed E-state index contributed by atoms with van der Waals surface area (Å²) in [7, 11) is 0. The number of nitrogens with one attached hydrogen (secondary N) is 3. The summed E-state index contributed by atoms with van der Waals surface area (Å²) in [6.07, 6.45) is 7.35. The molecule has 2 heterocycles. The van der Waals surface area contributed by atoms with E-state index in [1.54, 1.807) is 30.6 Å². The van der Waals surface area contributed by atoms with Crippen molar-refractivity contribution in [1.29, 1.82) is 0 Å². The molecule has 1 aromatic carbocycles. The summed E-state index contributed by atoms with van der Waals surface area (Å²) in [5, 5.41) is 16.8. The number of anilines is 1. The number of hydrogen-bond donors (Lipinski definition) is 3. The van der Waals surface area contributed by atoms with Crippen LogP contribution in [0.1, 0.15) is 17.7 Å². The number of carbonyl (C=O) groups is 1. The number of rotatable bonds is 3. The summed E-state index contributed by atoms with van der Waals surface area (Å²) in [5.41, 5.74) is 3.12. The van der Waals surface area contributed by atoms with E-state index < -0.39 is 0 Å². The number of aryl methyl sites for hydroxylation is 1. The summed E-state index contributed by atoms with van der Waals surface area (Å²) in [4.78, 5) is 12.2. The van der Waals surface area contributed by atoms with Crippen molar-refractivity contribution in [2.75, 3.05) is 5.32 Å². The number of para-hydroxylation sites is 1. The van der Waals surface area contributed by atoms with Crippen LogP contribution in [0, 0.1) is 5.82 Å². The lowest BCUT2D eigenvalue weighted by Gasteiger charge is -2.22. The van der Waals surface area contributed by atoms with Crippen molar-refractivity contribution in [2.24, 2.45) is 0 Å². The van der Waals surface area contributed by atoms with Gasteiger partial charge < -0.3 is 10.6 Å². The van der Waals surface area contributed by atoms with Crippen LogP contribution in [0.5, 0.6) is 0 Å². The molecule has 1 aliphatic rings. The van der Waals surface area contributed by atoms with E-state index in [2.05, 4.69) is 25.9 Å². The standard InChI is InChI=1S/C17H17FN6O/c18-14-3-1-2-4-16(14)24-10-13(9-20-24)22-17(25)21-12-5-6-15-11(7-12)8-19-23-15/h1-4,8-10,12H,5-7H2,(H,19,23)(H2,21,22,25)/t12-/m0/s1. The van der Waals surface area contributed by atoms with Gasteiger partial charge in [0.1, 0.15) is 11.5 Å². The van der Waals surface area contributed by atoms with Gasteiger partial charge in [-0.3, -0.25) is 5.10 Å². The Kier molecular flexibility index (Phi) is 3.93. The zero-order valence-corrected chi connectivity index (χ0v) is 13.4. The number of amides is 2. The van der Waals surface area contributed by atoms with Gasteiger partial charge in [0.05, 0.1) is 24.3 Å². The van der Waals surface area contributed by atoms with Crippen LogP contribution < -0.4 is 10.6 Å². The predicted molar refractivity (Wildman–Crippen MR) is 90.1 cm³/mol. The largest absolute Gasteiger partial charge is 0.335 e. The SMILES string of the molecule is O=C(Nc1cnn(-c2ccccc2F)c1)N[C@H]1CCc2[nH]ncc2C1. The second kappa shape index (κ2) is 6.39. The number of carbonyl (C=O) groups excluding carboxylic acids is 1. The van der Waals surface area contributed by atoms with Crippen molar-refractivity contribution >= 4 is 11.7 Å². The van der Waals surface area contributed by atoms with Crippen LogP contribution >= 0.6 is 0 Å². The number of aromatic nitrogens is 4. The molecule has 0 unspecified atom stereocenters. The second-order valence-corrected chi connectivity index (χ2v) is 6.04. The highest BCUT2D eigenvalue weighted by molar-refractivity contribution is 5.89. The Morgan fingerprint density at radius 1 is 1.32 bits per heavy atom. The Balaban J connectivity index is 1.38. The molecular formula is C17H17FN6O. The minimum atomic E-state index is -0.375. The van der Waals surface area contributed by atoms with E-state index in [0.29, 0.717) is 11.4 Å². The maximum Gasteiger partial charge on any atom is 0.319 e. The van der Waals surface area contributed by atoms with Crippen molar-refractivity contribution in [3.05, 3.63) is 59.9 Å². The third kappa shape index (κ3) is 3.23. The van der Waals surface area contributed by atoms with E-state index >= 15 is 0 Å². The number of nitrogens with zero attached hydrogens (tertiary/aromatic N) is 3. The topological polar surface area (TPSA) is 87.6 Å². The molecular weight excluding hydrogens is 323 g/mol. The van der Waals surface area contributed by atoms with E-state index in [-0.39, 0.29) is 17.9 Å². The fourth-order valence-corrected chi connectivity index (χ4v) is 3.05. The zero-order valence-electron chi connectivity index (χ0n) is 13.4. The number of urea groups is 1. The Morgan fingerprint density at radius 3 is 3.08 bits per heavy atom. The number of H-pyrrole nitrogens is 1. The molecule has 0 spiro atoms. The number of halogens is 1. The highest BCUT2D eigenvalue weighted by Gasteiger charge is 2.21. The molecule has 0 aliphatic heterocycles. The number of hydrogen-bond acceptors (Lipinski definition) is 3. The molecule has 2 amide bonds. The van der Waals surface area contributed by atoms with E-state index in [4.69, 9.17) is 0 Å². The molecule has 3 aromatic rings. The van der Waals surface area contributed by atoms with Crippen LogP contribution in [0.4, 0.5) is 14.9 Å². The van der Waals surface area contributed by atoms with Crippen LogP contribution in [0.25, 0.3) is 5.69 Å². The highest BCUT2D eigenvalue weighted by Crippen LogP contribution is 2.19. The lowest BCUT2D eigenvalue weighted by Crippen LogP contribution is -2.41. The lowest BCUT2D eigenvalue weighted by molar-refractivity contribution is 0.247. The van der Waals surface area contributed by atoms with Gasteiger partial charge in [-0.05, 0) is 37.0 Å². The van der Waals surface area contributed by atoms with Crippen LogP contribution in [0.2, 0.25) is 0 Å². The molecule has 128 valence electrons. The van der Waals surface area contributed by atoms with Crippen LogP contribution in [0.15, 0.2) is 42.9 Å². The first-order chi connectivity index (χ1) is 12.2. The average molecular weight is 340 g/mol. The summed E-state index contributed by atoms with van der Waals surface area (Å²) in [5.74, 6) is -0.375. The zero-order chi connectivity index (χ0) is 17.2. The minimum Gasteiger partial charge on any atom is -0.335 e. The second-order valence-electron chi connectivity index (χ2n) is 6.04. The highest BCUT2D eigenvalue weighted by atomic mass is 19.1. The normalized spacial score (nSPS) is 16.3. The number of aromatic amines is 1. The summed E-state index contributed by atoms with van der Waals surface area (Å²) in [6.45, 7) is 0. The minimum absolute atomic E-state index is 0.0618. The van der Waals surface area contributed by atoms with Gasteiger partial charge >= 0.3 is 6.03 Å². The van der Waals surface area contributed by atoms with Crippen molar-refractivity contribution < 1.29 is 9.18 Å². The van der Waals surface area contributed by atoms with Crippen molar-refractivity contribution in [3.63, 3.8) is 0 Å². The van der Waals surface area contributed by atoms with E-state index in [1.165, 1.54) is 16.9 Å². The van der Waals surface area contributed by atoms with Gasteiger partial charge in [0.25, 0.3) is 0 Å². The van der Waals surface area contributed by atoms with Gasteiger partial charge in [-0.25, -0.2) is 13.9 Å². The van der Waals surface area contributed by atoms with Gasteiger partial charge in [-0.2, -0.15) is 10.2 Å². The maximum absolute atomic E-state index is 13.8. The monoisotopic (exact) mass is 340 g/mol. The molecule has 7 nitrogen and oxygen atoms in total. The molecule has 25 heavy (non-hydrogen) atoms. The molecule has 0 saturated heterocycles. The smallest absolute Gasteiger partial charge is 0.319 e. The Morgan fingerprint density at radius 2 is 2.20 bits per heavy atom. The molecule has 3 N–H and O–H groups in total. The summed E-state index contributed by atoms with van der Waals surface area (Å²) < 4.78 is 15.2. The third-order valence-corrected chi connectivity index (χ3v) is 4.29. The lowest BCUT2D eigenvalue weighted by atomic mass is 9.94. The van der Waals surface area contributed by atoms with Gasteiger partial charge in [0.15, 0.2) is 0 Å². The molecule has 2 aromatic heterocycles. The molecule has 8 heteroatoms. The molecule has 0 radical (unpaired) electrons. The summed E-state index contributed by atoms with van der Waals surface area (Å²) in [6, 6.07) is 6.09. The van der Waals surface area contributed by atoms with Gasteiger partial charge in [0.2, 0.25) is 0 Å². The first-order valence-electron chi connectivity index (χ1n) is 8.07. The van der Waals surface area contributed by atoms with Crippen LogP contribution in [-0.4, -0.2) is 32.1 Å². The number of benzene rings is 1. The predicted octanol–water partition coefficient (Wildman–Crippen LogP) is 2.41. The molecule has 1 aliphatic carbocycles. The van der Waals surface area contributed by atoms with Crippen LogP contribution in [0.3, 0.4) is 0 Å². The maximum atomic E-state index is 13.8. The fraction of sp³-hybridized carbons (Fsp3) is 0.235. The van der Waals surface area contributed by atoms with Crippen LogP contribution in [-0.2, 0) is 12.8 Å². The molecule has 4 rings (SSSR count). The van der Waals surface area contributed by atoms with E-state index in [1.807, 2.05) is 0 Å².